The van der Waals surface area contributed by atoms with Crippen LogP contribution in [0.5, 0.6) is 0 Å². The molecule has 1 saturated heterocycles. The lowest BCUT2D eigenvalue weighted by Crippen LogP contribution is -2.50. The summed E-state index contributed by atoms with van der Waals surface area (Å²) in [6.07, 6.45) is 1.67. The largest absolute Gasteiger partial charge is 0.314 e. The minimum atomic E-state index is -3.34. The maximum absolute atomic E-state index is 11.9. The summed E-state index contributed by atoms with van der Waals surface area (Å²) in [6, 6.07) is 0. The fourth-order valence-corrected chi connectivity index (χ4v) is 3.28. The lowest BCUT2D eigenvalue weighted by Gasteiger charge is -2.26. The lowest BCUT2D eigenvalue weighted by atomic mass is 10.4. The van der Waals surface area contributed by atoms with E-state index in [9.17, 15) is 8.42 Å². The van der Waals surface area contributed by atoms with E-state index in [0.29, 0.717) is 32.7 Å². The molecule has 16 heavy (non-hydrogen) atoms. The topological polar surface area (TPSA) is 74.3 Å². The number of piperazine rings is 1. The van der Waals surface area contributed by atoms with Crippen LogP contribution in [0.1, 0.15) is 4.88 Å². The Balaban J connectivity index is 1.91. The molecule has 2 rings (SSSR count). The molecule has 0 atom stereocenters. The minimum absolute atomic E-state index is 0.316. The fourth-order valence-electron chi connectivity index (χ4n) is 1.47. The Labute approximate surface area is 98.9 Å². The first-order chi connectivity index (χ1) is 7.68. The molecule has 1 aliphatic rings. The van der Waals surface area contributed by atoms with Gasteiger partial charge >= 0.3 is 0 Å². The van der Waals surface area contributed by atoms with E-state index in [1.807, 2.05) is 0 Å². The highest BCUT2D eigenvalue weighted by molar-refractivity contribution is 7.87. The smallest absolute Gasteiger partial charge is 0.279 e. The van der Waals surface area contributed by atoms with Gasteiger partial charge in [-0.15, -0.1) is 11.3 Å². The SMILES string of the molecule is O=S(=O)(NCc1cncs1)N1CCNCC1. The van der Waals surface area contributed by atoms with Crippen molar-refractivity contribution >= 4 is 21.5 Å². The lowest BCUT2D eigenvalue weighted by molar-refractivity contribution is 0.355. The van der Waals surface area contributed by atoms with E-state index in [2.05, 4.69) is 15.0 Å². The normalized spacial score (nSPS) is 18.8. The zero-order valence-electron chi connectivity index (χ0n) is 8.72. The molecule has 1 aliphatic heterocycles. The molecular formula is C8H14N4O2S2. The number of nitrogens with one attached hydrogen (secondary N) is 2. The predicted molar refractivity (Wildman–Crippen MR) is 62.3 cm³/mol. The second kappa shape index (κ2) is 5.19. The Morgan fingerprint density at radius 3 is 2.88 bits per heavy atom. The van der Waals surface area contributed by atoms with E-state index in [1.54, 1.807) is 11.7 Å². The molecule has 0 saturated carbocycles. The average molecular weight is 262 g/mol. The average Bonchev–Trinajstić information content (AvgIpc) is 2.81. The van der Waals surface area contributed by atoms with Crippen molar-refractivity contribution in [2.75, 3.05) is 26.2 Å². The second-order valence-corrected chi connectivity index (χ2v) is 6.17. The van der Waals surface area contributed by atoms with Gasteiger partial charge in [0.1, 0.15) is 0 Å². The summed E-state index contributed by atoms with van der Waals surface area (Å²) in [5.74, 6) is 0. The van der Waals surface area contributed by atoms with Gasteiger partial charge in [-0.3, -0.25) is 4.98 Å². The first-order valence-corrected chi connectivity index (χ1v) is 7.33. The van der Waals surface area contributed by atoms with E-state index in [0.717, 1.165) is 4.88 Å². The van der Waals surface area contributed by atoms with Gasteiger partial charge in [0, 0.05) is 43.8 Å². The van der Waals surface area contributed by atoms with E-state index in [1.165, 1.54) is 15.6 Å². The third-order valence-electron chi connectivity index (χ3n) is 2.33. The van der Waals surface area contributed by atoms with Crippen molar-refractivity contribution in [2.24, 2.45) is 0 Å². The molecule has 0 amide bonds. The predicted octanol–water partition coefficient (Wildman–Crippen LogP) is -0.617. The van der Waals surface area contributed by atoms with Gasteiger partial charge in [0.05, 0.1) is 5.51 Å². The standard InChI is InChI=1S/C8H14N4O2S2/c13-16(14,12-3-1-9-2-4-12)11-6-8-5-10-7-15-8/h5,7,9,11H,1-4,6H2. The molecule has 0 bridgehead atoms. The van der Waals surface area contributed by atoms with Crippen LogP contribution in [0, 0.1) is 0 Å². The van der Waals surface area contributed by atoms with Crippen molar-refractivity contribution in [1.82, 2.24) is 19.3 Å². The van der Waals surface area contributed by atoms with E-state index < -0.39 is 10.2 Å². The van der Waals surface area contributed by atoms with Gasteiger partial charge in [-0.25, -0.2) is 0 Å². The van der Waals surface area contributed by atoms with Crippen molar-refractivity contribution in [3.8, 4) is 0 Å². The van der Waals surface area contributed by atoms with Crippen LogP contribution >= 0.6 is 11.3 Å². The van der Waals surface area contributed by atoms with Crippen molar-refractivity contribution in [3.05, 3.63) is 16.6 Å². The second-order valence-electron chi connectivity index (χ2n) is 3.44. The number of nitrogens with zero attached hydrogens (tertiary/aromatic N) is 2. The Kier molecular flexibility index (Phi) is 3.87. The Hall–Kier alpha value is -0.540. The summed E-state index contributed by atoms with van der Waals surface area (Å²) in [6.45, 7) is 2.79. The zero-order chi connectivity index (χ0) is 11.4. The van der Waals surface area contributed by atoms with Crippen molar-refractivity contribution < 1.29 is 8.42 Å². The minimum Gasteiger partial charge on any atom is -0.314 e. The maximum atomic E-state index is 11.9. The highest BCUT2D eigenvalue weighted by Crippen LogP contribution is 2.07. The molecule has 6 nitrogen and oxygen atoms in total. The van der Waals surface area contributed by atoms with E-state index >= 15 is 0 Å². The van der Waals surface area contributed by atoms with E-state index in [4.69, 9.17) is 0 Å². The van der Waals surface area contributed by atoms with Crippen LogP contribution in [0.4, 0.5) is 0 Å². The summed E-state index contributed by atoms with van der Waals surface area (Å²) >= 11 is 1.44. The molecule has 2 heterocycles. The van der Waals surface area contributed by atoms with Gasteiger partial charge in [0.2, 0.25) is 0 Å². The molecule has 1 aromatic rings. The van der Waals surface area contributed by atoms with Crippen LogP contribution < -0.4 is 10.0 Å². The van der Waals surface area contributed by atoms with Crippen LogP contribution in [0.2, 0.25) is 0 Å². The molecule has 1 fully saturated rings. The summed E-state index contributed by atoms with van der Waals surface area (Å²) in [5, 5.41) is 3.11. The molecule has 0 unspecified atom stereocenters. The van der Waals surface area contributed by atoms with Crippen molar-refractivity contribution in [2.45, 2.75) is 6.54 Å². The number of hydrogen-bond acceptors (Lipinski definition) is 5. The quantitative estimate of drug-likeness (QED) is 0.758. The number of thiazole rings is 1. The Bertz CT molecular complexity index is 411. The molecule has 0 aliphatic carbocycles. The Morgan fingerprint density at radius 1 is 1.50 bits per heavy atom. The molecule has 0 radical (unpaired) electrons. The summed E-state index contributed by atoms with van der Waals surface area (Å²) < 4.78 is 27.7. The first-order valence-electron chi connectivity index (χ1n) is 5.01. The van der Waals surface area contributed by atoms with Crippen LogP contribution in [0.25, 0.3) is 0 Å². The third kappa shape index (κ3) is 2.98. The molecule has 1 aromatic heterocycles. The van der Waals surface area contributed by atoms with Gasteiger partial charge in [-0.2, -0.15) is 17.4 Å². The monoisotopic (exact) mass is 262 g/mol. The number of hydrogen-bond donors (Lipinski definition) is 2. The van der Waals surface area contributed by atoms with Crippen LogP contribution in [-0.4, -0.2) is 43.9 Å². The Morgan fingerprint density at radius 2 is 2.25 bits per heavy atom. The van der Waals surface area contributed by atoms with Crippen LogP contribution in [0.3, 0.4) is 0 Å². The number of rotatable bonds is 4. The summed E-state index contributed by atoms with van der Waals surface area (Å²) in [7, 11) is -3.34. The molecular weight excluding hydrogens is 248 g/mol. The zero-order valence-corrected chi connectivity index (χ0v) is 10.4. The highest BCUT2D eigenvalue weighted by Gasteiger charge is 2.22. The maximum Gasteiger partial charge on any atom is 0.279 e. The molecule has 2 N–H and O–H groups in total. The highest BCUT2D eigenvalue weighted by atomic mass is 32.2. The van der Waals surface area contributed by atoms with Gasteiger partial charge < -0.3 is 5.32 Å². The van der Waals surface area contributed by atoms with Gasteiger partial charge in [0.15, 0.2) is 0 Å². The van der Waals surface area contributed by atoms with Gasteiger partial charge in [-0.1, -0.05) is 0 Å². The van der Waals surface area contributed by atoms with Crippen molar-refractivity contribution in [3.63, 3.8) is 0 Å². The third-order valence-corrected chi connectivity index (χ3v) is 4.66. The number of aromatic nitrogens is 1. The summed E-state index contributed by atoms with van der Waals surface area (Å²) in [5.41, 5.74) is 1.69. The molecule has 0 aromatic carbocycles. The first kappa shape index (κ1) is 11.9. The molecule has 90 valence electrons. The van der Waals surface area contributed by atoms with E-state index in [-0.39, 0.29) is 0 Å². The molecule has 0 spiro atoms. The van der Waals surface area contributed by atoms with Gasteiger partial charge in [-0.05, 0) is 0 Å². The van der Waals surface area contributed by atoms with Gasteiger partial charge in [0.25, 0.3) is 10.2 Å². The molecule has 8 heteroatoms. The van der Waals surface area contributed by atoms with Crippen molar-refractivity contribution in [1.29, 1.82) is 0 Å². The van der Waals surface area contributed by atoms with Crippen LogP contribution in [0.15, 0.2) is 11.7 Å². The summed E-state index contributed by atoms with van der Waals surface area (Å²) in [4.78, 5) is 4.81. The fraction of sp³-hybridized carbons (Fsp3) is 0.625. The van der Waals surface area contributed by atoms with Crippen LogP contribution in [-0.2, 0) is 16.8 Å².